The first-order valence-corrected chi connectivity index (χ1v) is 9.27. The molecule has 0 aromatic heterocycles. The van der Waals surface area contributed by atoms with Gasteiger partial charge in [-0.1, -0.05) is 24.3 Å². The van der Waals surface area contributed by atoms with Crippen molar-refractivity contribution in [3.05, 3.63) is 24.3 Å². The van der Waals surface area contributed by atoms with Crippen molar-refractivity contribution in [2.45, 2.75) is 63.7 Å². The van der Waals surface area contributed by atoms with Crippen LogP contribution in [0.15, 0.2) is 24.3 Å². The van der Waals surface area contributed by atoms with Gasteiger partial charge in [-0.2, -0.15) is 0 Å². The summed E-state index contributed by atoms with van der Waals surface area (Å²) in [5, 5.41) is 0. The van der Waals surface area contributed by atoms with E-state index < -0.39 is 12.3 Å². The van der Waals surface area contributed by atoms with Crippen LogP contribution >= 0.6 is 0 Å². The fraction of sp³-hybridized carbons (Fsp3) is 0.700. The third kappa shape index (κ3) is 4.01. The Kier molecular flexibility index (Phi) is 5.62. The van der Waals surface area contributed by atoms with E-state index >= 15 is 0 Å². The molecule has 0 N–H and O–H groups in total. The van der Waals surface area contributed by atoms with Crippen molar-refractivity contribution < 1.29 is 18.4 Å². The molecule has 0 amide bonds. The van der Waals surface area contributed by atoms with E-state index in [4.69, 9.17) is 0 Å². The molecule has 1 saturated carbocycles. The first-order chi connectivity index (χ1) is 11.5. The molecule has 0 aliphatic heterocycles. The summed E-state index contributed by atoms with van der Waals surface area (Å²) in [5.41, 5.74) is 0. The van der Waals surface area contributed by atoms with Gasteiger partial charge >= 0.3 is 0 Å². The maximum atomic E-state index is 13.1. The molecule has 0 spiro atoms. The molecule has 4 unspecified atom stereocenters. The fourth-order valence-corrected chi connectivity index (χ4v) is 4.31. The number of hydrogen-bond donors (Lipinski definition) is 0. The number of alkyl halides is 2. The molecule has 0 heterocycles. The zero-order valence-corrected chi connectivity index (χ0v) is 14.0. The van der Waals surface area contributed by atoms with Crippen molar-refractivity contribution in [3.63, 3.8) is 0 Å². The van der Waals surface area contributed by atoms with Crippen molar-refractivity contribution in [2.75, 3.05) is 0 Å². The minimum absolute atomic E-state index is 0.0111. The van der Waals surface area contributed by atoms with Gasteiger partial charge in [-0.05, 0) is 51.4 Å². The molecule has 0 radical (unpaired) electrons. The third-order valence-corrected chi connectivity index (χ3v) is 5.87. The van der Waals surface area contributed by atoms with Crippen LogP contribution in [0.3, 0.4) is 0 Å². The number of carbonyl (C=O) groups excluding carboxylic acids is 2. The zero-order chi connectivity index (χ0) is 17.1. The predicted molar refractivity (Wildman–Crippen MR) is 89.0 cm³/mol. The van der Waals surface area contributed by atoms with Gasteiger partial charge in [0.15, 0.2) is 0 Å². The van der Waals surface area contributed by atoms with E-state index in [1.54, 1.807) is 12.2 Å². The lowest BCUT2D eigenvalue weighted by atomic mass is 9.72. The Labute approximate surface area is 142 Å². The molecular weight excluding hydrogens is 310 g/mol. The van der Waals surface area contributed by atoms with Gasteiger partial charge in [-0.3, -0.25) is 9.59 Å². The van der Waals surface area contributed by atoms with Gasteiger partial charge in [-0.15, -0.1) is 0 Å². The Morgan fingerprint density at radius 1 is 0.583 bits per heavy atom. The van der Waals surface area contributed by atoms with Gasteiger partial charge in [0.1, 0.15) is 23.9 Å². The molecule has 0 bridgehead atoms. The number of rotatable bonds is 4. The van der Waals surface area contributed by atoms with Crippen molar-refractivity contribution in [2.24, 2.45) is 23.7 Å². The number of hydrogen-bond acceptors (Lipinski definition) is 2. The number of Topliss-reactive ketones (excluding diaryl/α,β-unsaturated/α-hetero) is 2. The van der Waals surface area contributed by atoms with Crippen LogP contribution in [0.2, 0.25) is 0 Å². The van der Waals surface area contributed by atoms with E-state index in [1.807, 2.05) is 0 Å². The smallest absolute Gasteiger partial charge is 0.142 e. The molecule has 4 atom stereocenters. The number of ketones is 2. The van der Waals surface area contributed by atoms with E-state index in [1.165, 1.54) is 12.2 Å². The minimum Gasteiger partial charge on any atom is -0.299 e. The predicted octanol–water partition coefficient (Wildman–Crippen LogP) is 4.54. The van der Waals surface area contributed by atoms with Gasteiger partial charge in [0.25, 0.3) is 0 Å². The summed E-state index contributed by atoms with van der Waals surface area (Å²) in [4.78, 5) is 25.1. The van der Waals surface area contributed by atoms with Crippen LogP contribution in [0.1, 0.15) is 51.4 Å². The highest BCUT2D eigenvalue weighted by Gasteiger charge is 2.35. The molecule has 2 nitrogen and oxygen atoms in total. The summed E-state index contributed by atoms with van der Waals surface area (Å²) in [6.07, 6.45) is 9.74. The summed E-state index contributed by atoms with van der Waals surface area (Å²) in [5.74, 6) is 0.187. The second kappa shape index (κ2) is 7.71. The van der Waals surface area contributed by atoms with E-state index in [0.29, 0.717) is 25.7 Å². The van der Waals surface area contributed by atoms with Crippen LogP contribution in [-0.2, 0) is 9.59 Å². The average molecular weight is 336 g/mol. The lowest BCUT2D eigenvalue weighted by molar-refractivity contribution is -0.131. The Morgan fingerprint density at radius 3 is 1.25 bits per heavy atom. The molecule has 0 aromatic rings. The molecule has 0 saturated heterocycles. The average Bonchev–Trinajstić information content (AvgIpc) is 2.62. The zero-order valence-electron chi connectivity index (χ0n) is 14.0. The van der Waals surface area contributed by atoms with Crippen molar-refractivity contribution in [3.8, 4) is 0 Å². The molecule has 132 valence electrons. The van der Waals surface area contributed by atoms with Crippen LogP contribution in [0.5, 0.6) is 0 Å². The molecular formula is C20H26F2O2. The van der Waals surface area contributed by atoms with Gasteiger partial charge in [0.05, 0.1) is 0 Å². The summed E-state index contributed by atoms with van der Waals surface area (Å²) in [6.45, 7) is 0. The number of carbonyl (C=O) groups is 2. The molecule has 24 heavy (non-hydrogen) atoms. The summed E-state index contributed by atoms with van der Waals surface area (Å²) >= 11 is 0. The van der Waals surface area contributed by atoms with E-state index in [9.17, 15) is 18.4 Å². The van der Waals surface area contributed by atoms with Crippen LogP contribution in [0.25, 0.3) is 0 Å². The summed E-state index contributed by atoms with van der Waals surface area (Å²) in [7, 11) is 0. The third-order valence-electron chi connectivity index (χ3n) is 5.87. The Balaban J connectivity index is 1.50. The topological polar surface area (TPSA) is 34.1 Å². The van der Waals surface area contributed by atoms with E-state index in [-0.39, 0.29) is 35.2 Å². The van der Waals surface area contributed by atoms with E-state index in [0.717, 1.165) is 25.7 Å². The monoisotopic (exact) mass is 336 g/mol. The van der Waals surface area contributed by atoms with Gasteiger partial charge in [-0.25, -0.2) is 8.78 Å². The van der Waals surface area contributed by atoms with Crippen LogP contribution in [-0.4, -0.2) is 23.9 Å². The van der Waals surface area contributed by atoms with Crippen molar-refractivity contribution in [1.29, 1.82) is 0 Å². The van der Waals surface area contributed by atoms with Gasteiger partial charge in [0.2, 0.25) is 0 Å². The molecule has 3 aliphatic rings. The first-order valence-electron chi connectivity index (χ1n) is 9.27. The highest BCUT2D eigenvalue weighted by Crippen LogP contribution is 2.36. The molecule has 3 aliphatic carbocycles. The van der Waals surface area contributed by atoms with Gasteiger partial charge in [0, 0.05) is 23.7 Å². The molecule has 0 aromatic carbocycles. The number of halogens is 2. The summed E-state index contributed by atoms with van der Waals surface area (Å²) < 4.78 is 26.3. The Hall–Kier alpha value is -1.32. The lowest BCUT2D eigenvalue weighted by Crippen LogP contribution is -2.32. The largest absolute Gasteiger partial charge is 0.299 e. The van der Waals surface area contributed by atoms with Crippen molar-refractivity contribution >= 4 is 11.6 Å². The van der Waals surface area contributed by atoms with E-state index in [2.05, 4.69) is 0 Å². The maximum absolute atomic E-state index is 13.1. The quantitative estimate of drug-likeness (QED) is 0.706. The van der Waals surface area contributed by atoms with Crippen LogP contribution in [0.4, 0.5) is 8.78 Å². The minimum atomic E-state index is -0.908. The standard InChI is InChI=1S/C20H26F2O2/c21-17-9-5-15(6-10-17)19(23)13-1-2-14(4-3-13)20(24)16-7-11-18(22)12-8-16/h5,7,9,11,13-18H,1-4,6,8,10,12H2. The number of allylic oxidation sites excluding steroid dienone is 4. The lowest BCUT2D eigenvalue weighted by Gasteiger charge is -2.31. The second-order valence-electron chi connectivity index (χ2n) is 7.52. The highest BCUT2D eigenvalue weighted by atomic mass is 19.1. The summed E-state index contributed by atoms with van der Waals surface area (Å²) in [6, 6.07) is 0. The maximum Gasteiger partial charge on any atom is 0.142 e. The molecule has 1 fully saturated rings. The normalized spacial score (nSPS) is 39.6. The second-order valence-corrected chi connectivity index (χ2v) is 7.52. The van der Waals surface area contributed by atoms with Gasteiger partial charge < -0.3 is 0 Å². The van der Waals surface area contributed by atoms with Crippen molar-refractivity contribution in [1.82, 2.24) is 0 Å². The molecule has 3 rings (SSSR count). The Bertz CT molecular complexity index is 484. The van der Waals surface area contributed by atoms with Crippen LogP contribution in [0, 0.1) is 23.7 Å². The van der Waals surface area contributed by atoms with Crippen LogP contribution < -0.4 is 0 Å². The fourth-order valence-electron chi connectivity index (χ4n) is 4.31. The Morgan fingerprint density at radius 2 is 0.958 bits per heavy atom. The SMILES string of the molecule is O=C(C1C=CC(F)CC1)C1CCC(C(=O)C2C=CC(F)CC2)CC1. The first kappa shape index (κ1) is 17.5. The molecule has 4 heteroatoms. The highest BCUT2D eigenvalue weighted by molar-refractivity contribution is 5.87.